The number of ether oxygens (including phenoxy) is 1. The van der Waals surface area contributed by atoms with Gasteiger partial charge in [0.05, 0.1) is 5.56 Å². The van der Waals surface area contributed by atoms with E-state index in [4.69, 9.17) is 16.3 Å². The van der Waals surface area contributed by atoms with Crippen molar-refractivity contribution in [3.63, 3.8) is 0 Å². The van der Waals surface area contributed by atoms with Gasteiger partial charge in [-0.25, -0.2) is 9.18 Å². The summed E-state index contributed by atoms with van der Waals surface area (Å²) < 4.78 is 18.1. The third-order valence-electron chi connectivity index (χ3n) is 2.94. The van der Waals surface area contributed by atoms with Gasteiger partial charge in [0.1, 0.15) is 5.82 Å². The number of nitrogens with one attached hydrogen (secondary N) is 1. The molecule has 0 unspecified atom stereocenters. The van der Waals surface area contributed by atoms with Crippen LogP contribution in [-0.4, -0.2) is 18.5 Å². The molecule has 0 aliphatic rings. The van der Waals surface area contributed by atoms with Crippen molar-refractivity contribution in [3.05, 3.63) is 62.8 Å². The van der Waals surface area contributed by atoms with Gasteiger partial charge in [0.25, 0.3) is 5.91 Å². The van der Waals surface area contributed by atoms with E-state index in [1.54, 1.807) is 18.2 Å². The van der Waals surface area contributed by atoms with Gasteiger partial charge < -0.3 is 10.1 Å². The molecule has 0 atom stereocenters. The van der Waals surface area contributed by atoms with Crippen molar-refractivity contribution < 1.29 is 18.7 Å². The lowest BCUT2D eigenvalue weighted by molar-refractivity contribution is -0.119. The zero-order valence-corrected chi connectivity index (χ0v) is 14.4. The smallest absolute Gasteiger partial charge is 0.339 e. The molecule has 0 radical (unpaired) electrons. The molecule has 120 valence electrons. The summed E-state index contributed by atoms with van der Waals surface area (Å²) in [5.41, 5.74) is 1.53. The lowest BCUT2D eigenvalue weighted by Crippen LogP contribution is -2.21. The minimum atomic E-state index is -0.728. The number of hydrogen-bond acceptors (Lipinski definition) is 3. The first-order valence-corrected chi connectivity index (χ1v) is 7.72. The quantitative estimate of drug-likeness (QED) is 0.777. The van der Waals surface area contributed by atoms with E-state index in [0.29, 0.717) is 10.7 Å². The highest BCUT2D eigenvalue weighted by molar-refractivity contribution is 9.10. The Morgan fingerprint density at radius 2 is 2.00 bits per heavy atom. The fraction of sp³-hybridized carbons (Fsp3) is 0.125. The van der Waals surface area contributed by atoms with Gasteiger partial charge in [-0.3, -0.25) is 4.79 Å². The molecule has 0 saturated carbocycles. The summed E-state index contributed by atoms with van der Waals surface area (Å²) >= 11 is 9.03. The maximum atomic E-state index is 13.0. The first kappa shape index (κ1) is 17.4. The topological polar surface area (TPSA) is 55.4 Å². The number of esters is 1. The molecule has 2 rings (SSSR count). The summed E-state index contributed by atoms with van der Waals surface area (Å²) in [5.74, 6) is -1.71. The van der Waals surface area contributed by atoms with E-state index >= 15 is 0 Å². The number of amides is 1. The Morgan fingerprint density at radius 3 is 2.65 bits per heavy atom. The van der Waals surface area contributed by atoms with Gasteiger partial charge in [-0.1, -0.05) is 17.7 Å². The first-order chi connectivity index (χ1) is 10.9. The summed E-state index contributed by atoms with van der Waals surface area (Å²) in [6, 6.07) is 8.62. The minimum absolute atomic E-state index is 0.137. The van der Waals surface area contributed by atoms with Crippen LogP contribution in [0.15, 0.2) is 40.9 Å². The average Bonchev–Trinajstić information content (AvgIpc) is 2.48. The van der Waals surface area contributed by atoms with Crippen LogP contribution in [0.5, 0.6) is 0 Å². The molecule has 2 aromatic rings. The van der Waals surface area contributed by atoms with E-state index in [9.17, 15) is 14.0 Å². The molecule has 1 amide bonds. The highest BCUT2D eigenvalue weighted by atomic mass is 79.9. The van der Waals surface area contributed by atoms with Crippen LogP contribution in [0.2, 0.25) is 5.02 Å². The van der Waals surface area contributed by atoms with E-state index in [1.165, 1.54) is 6.07 Å². The van der Waals surface area contributed by atoms with Crippen LogP contribution in [0.1, 0.15) is 15.9 Å². The van der Waals surface area contributed by atoms with Gasteiger partial charge in [0.15, 0.2) is 6.61 Å². The number of benzene rings is 2. The number of hydrogen-bond donors (Lipinski definition) is 1. The Hall–Kier alpha value is -1.92. The molecule has 4 nitrogen and oxygen atoms in total. The number of carbonyl (C=O) groups is 2. The minimum Gasteiger partial charge on any atom is -0.452 e. The zero-order valence-electron chi connectivity index (χ0n) is 12.0. The van der Waals surface area contributed by atoms with Gasteiger partial charge in [-0.05, 0) is 58.7 Å². The van der Waals surface area contributed by atoms with Crippen molar-refractivity contribution in [3.8, 4) is 0 Å². The van der Waals surface area contributed by atoms with Gasteiger partial charge in [0, 0.05) is 15.2 Å². The molecule has 0 spiro atoms. The molecule has 1 N–H and O–H groups in total. The number of anilines is 1. The van der Waals surface area contributed by atoms with Crippen LogP contribution in [0.25, 0.3) is 0 Å². The average molecular weight is 401 g/mol. The van der Waals surface area contributed by atoms with E-state index in [-0.39, 0.29) is 10.0 Å². The Bertz CT molecular complexity index is 767. The summed E-state index contributed by atoms with van der Waals surface area (Å²) in [5, 5.41) is 3.09. The first-order valence-electron chi connectivity index (χ1n) is 6.55. The van der Waals surface area contributed by atoms with Gasteiger partial charge >= 0.3 is 5.97 Å². The summed E-state index contributed by atoms with van der Waals surface area (Å²) in [7, 11) is 0. The second kappa shape index (κ2) is 7.57. The maximum absolute atomic E-state index is 13.0. The molecule has 0 saturated heterocycles. The van der Waals surface area contributed by atoms with Crippen molar-refractivity contribution in [2.45, 2.75) is 6.92 Å². The van der Waals surface area contributed by atoms with Crippen LogP contribution < -0.4 is 5.32 Å². The van der Waals surface area contributed by atoms with Crippen molar-refractivity contribution >= 4 is 45.1 Å². The Kier molecular flexibility index (Phi) is 5.74. The third kappa shape index (κ3) is 4.77. The van der Waals surface area contributed by atoms with E-state index < -0.39 is 24.3 Å². The fourth-order valence-electron chi connectivity index (χ4n) is 1.73. The highest BCUT2D eigenvalue weighted by Gasteiger charge is 2.14. The van der Waals surface area contributed by atoms with E-state index in [1.807, 2.05) is 6.92 Å². The third-order valence-corrected chi connectivity index (χ3v) is 4.00. The number of rotatable bonds is 4. The molecule has 0 aromatic heterocycles. The molecular formula is C16H12BrClFNO3. The second-order valence-electron chi connectivity index (χ2n) is 4.71. The largest absolute Gasteiger partial charge is 0.452 e. The molecule has 23 heavy (non-hydrogen) atoms. The zero-order chi connectivity index (χ0) is 17.0. The molecule has 0 aliphatic carbocycles. The molecule has 2 aromatic carbocycles. The van der Waals surface area contributed by atoms with Crippen LogP contribution in [0.4, 0.5) is 10.1 Å². The van der Waals surface area contributed by atoms with Crippen molar-refractivity contribution in [1.29, 1.82) is 0 Å². The van der Waals surface area contributed by atoms with Crippen molar-refractivity contribution in [1.82, 2.24) is 0 Å². The lowest BCUT2D eigenvalue weighted by atomic mass is 10.2. The number of aryl methyl sites for hydroxylation is 1. The summed E-state index contributed by atoms with van der Waals surface area (Å²) in [4.78, 5) is 23.6. The van der Waals surface area contributed by atoms with E-state index in [2.05, 4.69) is 21.2 Å². The standard InChI is InChI=1S/C16H12BrClFNO3/c1-9-2-4-11(7-14(9)18)20-15(21)8-23-16(22)12-5-3-10(19)6-13(12)17/h2-7H,8H2,1H3,(H,20,21). The normalized spacial score (nSPS) is 10.3. The highest BCUT2D eigenvalue weighted by Crippen LogP contribution is 2.20. The van der Waals surface area contributed by atoms with Crippen LogP contribution in [0.3, 0.4) is 0 Å². The number of halogens is 3. The SMILES string of the molecule is Cc1ccc(NC(=O)COC(=O)c2ccc(F)cc2Br)cc1Cl. The van der Waals surface area contributed by atoms with Crippen LogP contribution in [-0.2, 0) is 9.53 Å². The fourth-order valence-corrected chi connectivity index (χ4v) is 2.42. The maximum Gasteiger partial charge on any atom is 0.339 e. The van der Waals surface area contributed by atoms with Gasteiger partial charge in [0.2, 0.25) is 0 Å². The molecule has 0 bridgehead atoms. The van der Waals surface area contributed by atoms with Gasteiger partial charge in [-0.15, -0.1) is 0 Å². The molecular weight excluding hydrogens is 389 g/mol. The predicted octanol–water partition coefficient (Wildman–Crippen LogP) is 4.35. The molecule has 0 heterocycles. The Morgan fingerprint density at radius 1 is 1.26 bits per heavy atom. The van der Waals surface area contributed by atoms with Crippen LogP contribution >= 0.6 is 27.5 Å². The number of carbonyl (C=O) groups excluding carboxylic acids is 2. The Labute approximate surface area is 145 Å². The summed E-state index contributed by atoms with van der Waals surface area (Å²) in [6.45, 7) is 1.38. The van der Waals surface area contributed by atoms with Crippen LogP contribution in [0, 0.1) is 12.7 Å². The van der Waals surface area contributed by atoms with Crippen molar-refractivity contribution in [2.24, 2.45) is 0 Å². The van der Waals surface area contributed by atoms with E-state index in [0.717, 1.165) is 17.7 Å². The molecule has 0 aliphatic heterocycles. The molecule has 7 heteroatoms. The second-order valence-corrected chi connectivity index (χ2v) is 5.97. The monoisotopic (exact) mass is 399 g/mol. The predicted molar refractivity (Wildman–Crippen MR) is 89.2 cm³/mol. The Balaban J connectivity index is 1.93. The molecule has 0 fully saturated rings. The van der Waals surface area contributed by atoms with Crippen molar-refractivity contribution in [2.75, 3.05) is 11.9 Å². The summed E-state index contributed by atoms with van der Waals surface area (Å²) in [6.07, 6.45) is 0. The van der Waals surface area contributed by atoms with Gasteiger partial charge in [-0.2, -0.15) is 0 Å². The lowest BCUT2D eigenvalue weighted by Gasteiger charge is -2.08.